The molecular weight excluding hydrogens is 288 g/mol. The molecule has 0 fully saturated rings. The van der Waals surface area contributed by atoms with Gasteiger partial charge in [-0.05, 0) is 42.6 Å². The van der Waals surface area contributed by atoms with E-state index < -0.39 is 11.9 Å². The maximum absolute atomic E-state index is 11.5. The first-order valence-corrected chi connectivity index (χ1v) is 6.48. The highest BCUT2D eigenvalue weighted by molar-refractivity contribution is 9.12. The van der Waals surface area contributed by atoms with Gasteiger partial charge in [0.05, 0.1) is 12.2 Å². The van der Waals surface area contributed by atoms with Crippen molar-refractivity contribution in [1.82, 2.24) is 0 Å². The SMILES string of the molecule is CCC(C)OC(=O)/C=C(\Br)C(=O)OC(C)CC. The Morgan fingerprint density at radius 3 is 2.06 bits per heavy atom. The molecule has 0 amide bonds. The van der Waals surface area contributed by atoms with Crippen molar-refractivity contribution in [2.75, 3.05) is 0 Å². The van der Waals surface area contributed by atoms with Gasteiger partial charge in [-0.25, -0.2) is 9.59 Å². The summed E-state index contributed by atoms with van der Waals surface area (Å²) in [6.07, 6.45) is 2.22. The van der Waals surface area contributed by atoms with Gasteiger partial charge in [0.1, 0.15) is 4.48 Å². The van der Waals surface area contributed by atoms with Gasteiger partial charge in [0, 0.05) is 6.08 Å². The average Bonchev–Trinajstić information content (AvgIpc) is 2.28. The molecule has 0 saturated carbocycles. The van der Waals surface area contributed by atoms with Crippen molar-refractivity contribution in [3.63, 3.8) is 0 Å². The van der Waals surface area contributed by atoms with Gasteiger partial charge in [0.15, 0.2) is 0 Å². The zero-order valence-electron chi connectivity index (χ0n) is 10.7. The van der Waals surface area contributed by atoms with Crippen LogP contribution in [-0.2, 0) is 19.1 Å². The van der Waals surface area contributed by atoms with Crippen LogP contribution in [0.15, 0.2) is 10.6 Å². The number of carbonyl (C=O) groups is 2. The van der Waals surface area contributed by atoms with Crippen molar-refractivity contribution < 1.29 is 19.1 Å². The molecule has 0 N–H and O–H groups in total. The summed E-state index contributed by atoms with van der Waals surface area (Å²) < 4.78 is 10.1. The van der Waals surface area contributed by atoms with Crippen LogP contribution in [0.25, 0.3) is 0 Å². The van der Waals surface area contributed by atoms with Gasteiger partial charge in [0.25, 0.3) is 0 Å². The highest BCUT2D eigenvalue weighted by Crippen LogP contribution is 2.11. The van der Waals surface area contributed by atoms with E-state index in [1.54, 1.807) is 13.8 Å². The van der Waals surface area contributed by atoms with Crippen molar-refractivity contribution in [2.24, 2.45) is 0 Å². The quantitative estimate of drug-likeness (QED) is 0.559. The molecule has 0 aromatic heterocycles. The second-order valence-electron chi connectivity index (χ2n) is 3.77. The van der Waals surface area contributed by atoms with Crippen LogP contribution in [0.1, 0.15) is 40.5 Å². The molecule has 0 aromatic carbocycles. The zero-order valence-corrected chi connectivity index (χ0v) is 12.2. The smallest absolute Gasteiger partial charge is 0.345 e. The van der Waals surface area contributed by atoms with Gasteiger partial charge in [-0.2, -0.15) is 0 Å². The second kappa shape index (κ2) is 8.28. The number of hydrogen-bond donors (Lipinski definition) is 0. The molecule has 0 aliphatic heterocycles. The van der Waals surface area contributed by atoms with E-state index in [1.165, 1.54) is 0 Å². The van der Waals surface area contributed by atoms with Crippen molar-refractivity contribution in [3.8, 4) is 0 Å². The molecule has 0 aliphatic rings. The molecule has 0 aromatic rings. The van der Waals surface area contributed by atoms with Crippen LogP contribution in [0.4, 0.5) is 0 Å². The summed E-state index contributed by atoms with van der Waals surface area (Å²) in [5.74, 6) is -1.10. The fourth-order valence-corrected chi connectivity index (χ4v) is 1.08. The van der Waals surface area contributed by atoms with E-state index in [9.17, 15) is 9.59 Å². The number of ether oxygens (including phenoxy) is 2. The van der Waals surface area contributed by atoms with E-state index in [1.807, 2.05) is 13.8 Å². The standard InChI is InChI=1S/C12H19BrO4/c1-5-8(3)16-11(14)7-10(13)12(15)17-9(4)6-2/h7-9H,5-6H2,1-4H3/b10-7-. The van der Waals surface area contributed by atoms with Crippen LogP contribution in [0.3, 0.4) is 0 Å². The predicted octanol–water partition coefficient (Wildman–Crippen LogP) is 2.95. The summed E-state index contributed by atoms with van der Waals surface area (Å²) in [6.45, 7) is 7.40. The van der Waals surface area contributed by atoms with Crippen LogP contribution in [-0.4, -0.2) is 24.1 Å². The van der Waals surface area contributed by atoms with Crippen LogP contribution in [0.2, 0.25) is 0 Å². The summed E-state index contributed by atoms with van der Waals surface area (Å²) in [5.41, 5.74) is 0. The highest BCUT2D eigenvalue weighted by atomic mass is 79.9. The molecule has 0 spiro atoms. The Labute approximate surface area is 110 Å². The minimum Gasteiger partial charge on any atom is -0.459 e. The third-order valence-corrected chi connectivity index (χ3v) is 2.77. The fourth-order valence-electron chi connectivity index (χ4n) is 0.800. The lowest BCUT2D eigenvalue weighted by molar-refractivity contribution is -0.145. The Morgan fingerprint density at radius 1 is 1.12 bits per heavy atom. The highest BCUT2D eigenvalue weighted by Gasteiger charge is 2.14. The van der Waals surface area contributed by atoms with Crippen LogP contribution in [0.5, 0.6) is 0 Å². The number of carbonyl (C=O) groups excluding carboxylic acids is 2. The third-order valence-electron chi connectivity index (χ3n) is 2.21. The molecule has 0 saturated heterocycles. The van der Waals surface area contributed by atoms with Crippen molar-refractivity contribution >= 4 is 27.9 Å². The van der Waals surface area contributed by atoms with Gasteiger partial charge < -0.3 is 9.47 Å². The maximum atomic E-state index is 11.5. The van der Waals surface area contributed by atoms with Gasteiger partial charge in [-0.3, -0.25) is 0 Å². The van der Waals surface area contributed by atoms with E-state index in [2.05, 4.69) is 15.9 Å². The third kappa shape index (κ3) is 7.15. The molecule has 0 bridgehead atoms. The fraction of sp³-hybridized carbons (Fsp3) is 0.667. The largest absolute Gasteiger partial charge is 0.459 e. The summed E-state index contributed by atoms with van der Waals surface area (Å²) in [7, 11) is 0. The van der Waals surface area contributed by atoms with Gasteiger partial charge >= 0.3 is 11.9 Å². The summed E-state index contributed by atoms with van der Waals surface area (Å²) in [5, 5.41) is 0. The lowest BCUT2D eigenvalue weighted by Gasteiger charge is -2.11. The summed E-state index contributed by atoms with van der Waals surface area (Å²) in [6, 6.07) is 0. The Hall–Kier alpha value is -0.840. The Bertz CT molecular complexity index is 299. The van der Waals surface area contributed by atoms with Crippen molar-refractivity contribution in [3.05, 3.63) is 10.6 Å². The second-order valence-corrected chi connectivity index (χ2v) is 4.63. The van der Waals surface area contributed by atoms with E-state index in [0.717, 1.165) is 18.9 Å². The average molecular weight is 307 g/mol. The summed E-state index contributed by atoms with van der Waals surface area (Å²) in [4.78, 5) is 22.8. The minimum absolute atomic E-state index is 0.0751. The van der Waals surface area contributed by atoms with Crippen molar-refractivity contribution in [2.45, 2.75) is 52.7 Å². The first-order chi connectivity index (χ1) is 7.90. The molecule has 4 nitrogen and oxygen atoms in total. The molecule has 98 valence electrons. The van der Waals surface area contributed by atoms with Gasteiger partial charge in [-0.15, -0.1) is 0 Å². The topological polar surface area (TPSA) is 52.6 Å². The molecule has 17 heavy (non-hydrogen) atoms. The van der Waals surface area contributed by atoms with E-state index in [-0.39, 0.29) is 16.7 Å². The number of hydrogen-bond acceptors (Lipinski definition) is 4. The lowest BCUT2D eigenvalue weighted by atomic mass is 10.3. The van der Waals surface area contributed by atoms with Crippen LogP contribution in [0, 0.1) is 0 Å². The predicted molar refractivity (Wildman–Crippen MR) is 68.7 cm³/mol. The van der Waals surface area contributed by atoms with E-state index in [4.69, 9.17) is 9.47 Å². The van der Waals surface area contributed by atoms with Crippen molar-refractivity contribution in [1.29, 1.82) is 0 Å². The van der Waals surface area contributed by atoms with Crippen LogP contribution >= 0.6 is 15.9 Å². The Balaban J connectivity index is 4.32. The first kappa shape index (κ1) is 16.2. The molecule has 2 atom stereocenters. The first-order valence-electron chi connectivity index (χ1n) is 5.69. The molecule has 0 rings (SSSR count). The Kier molecular flexibility index (Phi) is 7.87. The number of rotatable bonds is 6. The molecule has 0 aliphatic carbocycles. The molecule has 0 heterocycles. The summed E-state index contributed by atoms with van der Waals surface area (Å²) >= 11 is 3.00. The minimum atomic E-state index is -0.555. The lowest BCUT2D eigenvalue weighted by Crippen LogP contribution is -2.16. The van der Waals surface area contributed by atoms with E-state index in [0.29, 0.717) is 0 Å². The zero-order chi connectivity index (χ0) is 13.4. The molecular formula is C12H19BrO4. The number of halogens is 1. The molecule has 2 unspecified atom stereocenters. The maximum Gasteiger partial charge on any atom is 0.345 e. The van der Waals surface area contributed by atoms with Gasteiger partial charge in [-0.1, -0.05) is 13.8 Å². The monoisotopic (exact) mass is 306 g/mol. The molecule has 5 heteroatoms. The number of esters is 2. The van der Waals surface area contributed by atoms with Crippen LogP contribution < -0.4 is 0 Å². The normalized spacial score (nSPS) is 15.0. The Morgan fingerprint density at radius 2 is 1.59 bits per heavy atom. The van der Waals surface area contributed by atoms with Gasteiger partial charge in [0.2, 0.25) is 0 Å². The van der Waals surface area contributed by atoms with E-state index >= 15 is 0 Å². The molecule has 0 radical (unpaired) electrons.